The third kappa shape index (κ3) is 1.47. The Labute approximate surface area is 103 Å². The Morgan fingerprint density at radius 1 is 1.29 bits per heavy atom. The topological polar surface area (TPSA) is 32.3 Å². The van der Waals surface area contributed by atoms with E-state index in [2.05, 4.69) is 37.4 Å². The molecule has 2 nitrogen and oxygen atoms in total. The van der Waals surface area contributed by atoms with Crippen molar-refractivity contribution >= 4 is 0 Å². The Morgan fingerprint density at radius 2 is 2.06 bits per heavy atom. The molecular weight excluding hydrogens is 210 g/mol. The molecule has 0 heterocycles. The van der Waals surface area contributed by atoms with Crippen LogP contribution in [0.2, 0.25) is 0 Å². The summed E-state index contributed by atoms with van der Waals surface area (Å²) < 4.78 is 0. The molecule has 0 aliphatic heterocycles. The van der Waals surface area contributed by atoms with Crippen LogP contribution >= 0.6 is 0 Å². The van der Waals surface area contributed by atoms with Gasteiger partial charge in [0.1, 0.15) is 5.60 Å². The summed E-state index contributed by atoms with van der Waals surface area (Å²) in [5.74, 6) is 0.351. The van der Waals surface area contributed by atoms with Crippen molar-refractivity contribution < 1.29 is 5.11 Å². The number of benzene rings is 1. The molecule has 0 aromatic heterocycles. The summed E-state index contributed by atoms with van der Waals surface area (Å²) >= 11 is 0. The number of fused-ring (bicyclic) bond motifs is 4. The van der Waals surface area contributed by atoms with Gasteiger partial charge in [-0.3, -0.25) is 0 Å². The summed E-state index contributed by atoms with van der Waals surface area (Å²) in [4.78, 5) is 0. The first kappa shape index (κ1) is 11.2. The Bertz CT molecular complexity index is 429. The van der Waals surface area contributed by atoms with Crippen LogP contribution < -0.4 is 5.32 Å². The molecule has 0 spiro atoms. The van der Waals surface area contributed by atoms with Crippen LogP contribution in [0.1, 0.15) is 50.2 Å². The van der Waals surface area contributed by atoms with E-state index >= 15 is 0 Å². The SMILES string of the molecule is CC(C)N[C@H]1CCC[C@@H]2c3ccccc3[C@]12O. The zero-order chi connectivity index (χ0) is 12.0. The summed E-state index contributed by atoms with van der Waals surface area (Å²) in [7, 11) is 0. The van der Waals surface area contributed by atoms with Gasteiger partial charge in [0.25, 0.3) is 0 Å². The van der Waals surface area contributed by atoms with Crippen LogP contribution in [-0.4, -0.2) is 17.2 Å². The maximum Gasteiger partial charge on any atom is 0.112 e. The summed E-state index contributed by atoms with van der Waals surface area (Å²) in [6.07, 6.45) is 3.43. The number of rotatable bonds is 2. The summed E-state index contributed by atoms with van der Waals surface area (Å²) in [6.45, 7) is 4.30. The van der Waals surface area contributed by atoms with Crippen molar-refractivity contribution in [1.82, 2.24) is 5.32 Å². The molecule has 1 aromatic rings. The standard InChI is InChI=1S/C15H21NO/c1-10(2)16-14-9-5-8-13-11-6-3-4-7-12(11)15(13,14)17/h3-4,6-7,10,13-14,16-17H,5,8-9H2,1-2H3/t13-,14+,15-/m1/s1. The van der Waals surface area contributed by atoms with Gasteiger partial charge in [-0.25, -0.2) is 0 Å². The van der Waals surface area contributed by atoms with Gasteiger partial charge in [-0.15, -0.1) is 0 Å². The molecule has 1 aromatic carbocycles. The van der Waals surface area contributed by atoms with E-state index in [9.17, 15) is 5.11 Å². The van der Waals surface area contributed by atoms with Crippen molar-refractivity contribution in [2.45, 2.75) is 56.7 Å². The smallest absolute Gasteiger partial charge is 0.112 e. The average Bonchev–Trinajstić information content (AvgIpc) is 2.30. The normalized spacial score (nSPS) is 35.1. The van der Waals surface area contributed by atoms with E-state index in [4.69, 9.17) is 0 Å². The van der Waals surface area contributed by atoms with Gasteiger partial charge in [0.15, 0.2) is 0 Å². The molecule has 2 aliphatic carbocycles. The van der Waals surface area contributed by atoms with E-state index < -0.39 is 5.60 Å². The van der Waals surface area contributed by atoms with E-state index in [0.717, 1.165) is 18.4 Å². The van der Waals surface area contributed by atoms with E-state index in [1.165, 1.54) is 12.0 Å². The van der Waals surface area contributed by atoms with Crippen molar-refractivity contribution in [3.05, 3.63) is 35.4 Å². The average molecular weight is 231 g/mol. The van der Waals surface area contributed by atoms with Crippen LogP contribution in [0.4, 0.5) is 0 Å². The summed E-state index contributed by atoms with van der Waals surface area (Å²) in [5, 5.41) is 14.6. The first-order valence-corrected chi connectivity index (χ1v) is 6.72. The van der Waals surface area contributed by atoms with Crippen molar-refractivity contribution in [3.63, 3.8) is 0 Å². The molecule has 0 unspecified atom stereocenters. The highest BCUT2D eigenvalue weighted by Gasteiger charge is 2.56. The molecule has 1 fully saturated rings. The lowest BCUT2D eigenvalue weighted by molar-refractivity contribution is -0.0791. The fourth-order valence-electron chi connectivity index (χ4n) is 3.68. The van der Waals surface area contributed by atoms with E-state index in [1.807, 2.05) is 6.07 Å². The number of hydrogen-bond acceptors (Lipinski definition) is 2. The van der Waals surface area contributed by atoms with Gasteiger partial charge in [0.2, 0.25) is 0 Å². The van der Waals surface area contributed by atoms with E-state index in [0.29, 0.717) is 12.0 Å². The van der Waals surface area contributed by atoms with E-state index in [-0.39, 0.29) is 6.04 Å². The van der Waals surface area contributed by atoms with Crippen molar-refractivity contribution in [3.8, 4) is 0 Å². The predicted molar refractivity (Wildman–Crippen MR) is 69.0 cm³/mol. The van der Waals surface area contributed by atoms with Gasteiger partial charge in [0, 0.05) is 18.0 Å². The van der Waals surface area contributed by atoms with Gasteiger partial charge in [-0.1, -0.05) is 44.5 Å². The second kappa shape index (κ2) is 3.82. The molecule has 0 bridgehead atoms. The summed E-state index contributed by atoms with van der Waals surface area (Å²) in [5.41, 5.74) is 1.91. The van der Waals surface area contributed by atoms with Crippen LogP contribution in [0, 0.1) is 0 Å². The molecule has 2 aliphatic rings. The molecule has 3 rings (SSSR count). The van der Waals surface area contributed by atoms with Gasteiger partial charge < -0.3 is 10.4 Å². The van der Waals surface area contributed by atoms with Gasteiger partial charge in [-0.05, 0) is 24.0 Å². The molecular formula is C15H21NO. The van der Waals surface area contributed by atoms with Crippen LogP contribution in [0.3, 0.4) is 0 Å². The molecule has 2 N–H and O–H groups in total. The molecule has 92 valence electrons. The highest BCUT2D eigenvalue weighted by Crippen LogP contribution is 2.57. The first-order valence-electron chi connectivity index (χ1n) is 6.72. The minimum absolute atomic E-state index is 0.219. The first-order chi connectivity index (χ1) is 8.14. The maximum absolute atomic E-state index is 11.0. The lowest BCUT2D eigenvalue weighted by Crippen LogP contribution is -2.60. The Kier molecular flexibility index (Phi) is 2.53. The van der Waals surface area contributed by atoms with Crippen molar-refractivity contribution in [1.29, 1.82) is 0 Å². The lowest BCUT2D eigenvalue weighted by atomic mass is 9.56. The molecule has 0 amide bonds. The molecule has 3 atom stereocenters. The Morgan fingerprint density at radius 3 is 2.82 bits per heavy atom. The maximum atomic E-state index is 11.0. The Hall–Kier alpha value is -0.860. The van der Waals surface area contributed by atoms with Crippen LogP contribution in [0.25, 0.3) is 0 Å². The van der Waals surface area contributed by atoms with Crippen molar-refractivity contribution in [2.75, 3.05) is 0 Å². The van der Waals surface area contributed by atoms with Crippen molar-refractivity contribution in [2.24, 2.45) is 0 Å². The van der Waals surface area contributed by atoms with Gasteiger partial charge >= 0.3 is 0 Å². The number of aliphatic hydroxyl groups is 1. The second-order valence-corrected chi connectivity index (χ2v) is 5.77. The number of hydrogen-bond donors (Lipinski definition) is 2. The van der Waals surface area contributed by atoms with Gasteiger partial charge in [0.05, 0.1) is 0 Å². The fourth-order valence-corrected chi connectivity index (χ4v) is 3.68. The van der Waals surface area contributed by atoms with Crippen LogP contribution in [0.15, 0.2) is 24.3 Å². The fraction of sp³-hybridized carbons (Fsp3) is 0.600. The second-order valence-electron chi connectivity index (χ2n) is 5.77. The largest absolute Gasteiger partial charge is 0.383 e. The highest BCUT2D eigenvalue weighted by molar-refractivity contribution is 5.49. The molecule has 17 heavy (non-hydrogen) atoms. The molecule has 0 saturated heterocycles. The zero-order valence-electron chi connectivity index (χ0n) is 10.6. The minimum Gasteiger partial charge on any atom is -0.383 e. The van der Waals surface area contributed by atoms with Gasteiger partial charge in [-0.2, -0.15) is 0 Å². The Balaban J connectivity index is 1.96. The monoisotopic (exact) mass is 231 g/mol. The van der Waals surface area contributed by atoms with E-state index in [1.54, 1.807) is 0 Å². The predicted octanol–water partition coefficient (Wildman–Crippen LogP) is 2.52. The third-order valence-corrected chi connectivity index (χ3v) is 4.35. The summed E-state index contributed by atoms with van der Waals surface area (Å²) in [6, 6.07) is 9.02. The lowest BCUT2D eigenvalue weighted by Gasteiger charge is -2.55. The number of nitrogens with one attached hydrogen (secondary N) is 1. The minimum atomic E-state index is -0.612. The molecule has 0 radical (unpaired) electrons. The molecule has 2 heteroatoms. The van der Waals surface area contributed by atoms with Crippen LogP contribution in [-0.2, 0) is 5.60 Å². The zero-order valence-corrected chi connectivity index (χ0v) is 10.6. The quantitative estimate of drug-likeness (QED) is 0.819. The van der Waals surface area contributed by atoms with Crippen LogP contribution in [0.5, 0.6) is 0 Å². The third-order valence-electron chi connectivity index (χ3n) is 4.35. The highest BCUT2D eigenvalue weighted by atomic mass is 16.3. The molecule has 1 saturated carbocycles.